The van der Waals surface area contributed by atoms with Crippen molar-refractivity contribution in [2.75, 3.05) is 0 Å². The number of aliphatic carboxylic acids is 1. The molecule has 1 aromatic carbocycles. The minimum Gasteiger partial charge on any atom is -0.480 e. The van der Waals surface area contributed by atoms with E-state index in [1.54, 1.807) is 29.9 Å². The highest BCUT2D eigenvalue weighted by atomic mass is 16.4. The molecule has 0 fully saturated rings. The van der Waals surface area contributed by atoms with Crippen LogP contribution in [0.25, 0.3) is 11.0 Å². The predicted molar refractivity (Wildman–Crippen MR) is 76.9 cm³/mol. The van der Waals surface area contributed by atoms with Gasteiger partial charge in [-0.1, -0.05) is 19.1 Å². The lowest BCUT2D eigenvalue weighted by Gasteiger charge is -2.16. The molecule has 2 rings (SSSR count). The van der Waals surface area contributed by atoms with E-state index < -0.39 is 17.9 Å². The first-order chi connectivity index (χ1) is 9.88. The number of carbonyl (C=O) groups is 2. The van der Waals surface area contributed by atoms with Gasteiger partial charge in [0.1, 0.15) is 11.6 Å². The van der Waals surface area contributed by atoms with E-state index in [1.807, 2.05) is 13.8 Å². The molecule has 2 N–H and O–H groups in total. The van der Waals surface area contributed by atoms with Crippen LogP contribution in [0.5, 0.6) is 0 Å². The van der Waals surface area contributed by atoms with Gasteiger partial charge in [-0.3, -0.25) is 4.79 Å². The first-order valence-electron chi connectivity index (χ1n) is 6.71. The summed E-state index contributed by atoms with van der Waals surface area (Å²) in [5.41, 5.74) is 1.80. The number of hydrogen-bond donors (Lipinski definition) is 2. The van der Waals surface area contributed by atoms with Crippen LogP contribution in [0.2, 0.25) is 0 Å². The molecule has 21 heavy (non-hydrogen) atoms. The number of aryl methyl sites for hydroxylation is 1. The molecule has 0 radical (unpaired) electrons. The van der Waals surface area contributed by atoms with Gasteiger partial charge >= 0.3 is 5.97 Å². The summed E-state index contributed by atoms with van der Waals surface area (Å²) in [7, 11) is 1.73. The summed E-state index contributed by atoms with van der Waals surface area (Å²) in [6.45, 7) is 3.82. The SMILES string of the molecule is CC(C)CC(NC(=O)c1ccc2nnn(C)c2c1)C(=O)O. The maximum absolute atomic E-state index is 12.2. The van der Waals surface area contributed by atoms with Crippen molar-refractivity contribution in [3.05, 3.63) is 23.8 Å². The van der Waals surface area contributed by atoms with Crippen LogP contribution < -0.4 is 5.32 Å². The zero-order chi connectivity index (χ0) is 15.6. The molecule has 1 amide bonds. The molecule has 7 heteroatoms. The lowest BCUT2D eigenvalue weighted by molar-refractivity contribution is -0.139. The molecule has 0 aliphatic rings. The summed E-state index contributed by atoms with van der Waals surface area (Å²) in [6, 6.07) is 4.06. The smallest absolute Gasteiger partial charge is 0.326 e. The van der Waals surface area contributed by atoms with Crippen LogP contribution in [-0.2, 0) is 11.8 Å². The summed E-state index contributed by atoms with van der Waals surface area (Å²) in [5, 5.41) is 19.5. The van der Waals surface area contributed by atoms with Crippen molar-refractivity contribution in [3.8, 4) is 0 Å². The number of fused-ring (bicyclic) bond motifs is 1. The van der Waals surface area contributed by atoms with Crippen LogP contribution in [0.15, 0.2) is 18.2 Å². The Kier molecular flexibility index (Phi) is 4.21. The number of rotatable bonds is 5. The molecule has 0 aliphatic heterocycles. The van der Waals surface area contributed by atoms with Crippen molar-refractivity contribution in [1.82, 2.24) is 20.3 Å². The fourth-order valence-corrected chi connectivity index (χ4v) is 2.11. The number of amides is 1. The normalized spacial score (nSPS) is 12.6. The van der Waals surface area contributed by atoms with Crippen molar-refractivity contribution >= 4 is 22.9 Å². The standard InChI is InChI=1S/C14H18N4O3/c1-8(2)6-11(14(20)21)15-13(19)9-4-5-10-12(7-9)18(3)17-16-10/h4-5,7-8,11H,6H2,1-3H3,(H,15,19)(H,20,21). The highest BCUT2D eigenvalue weighted by Gasteiger charge is 2.22. The van der Waals surface area contributed by atoms with E-state index in [0.29, 0.717) is 17.5 Å². The minimum atomic E-state index is -1.03. The Morgan fingerprint density at radius 2 is 2.10 bits per heavy atom. The number of aromatic nitrogens is 3. The molecule has 1 heterocycles. The van der Waals surface area contributed by atoms with Crippen molar-refractivity contribution in [2.45, 2.75) is 26.3 Å². The largest absolute Gasteiger partial charge is 0.480 e. The van der Waals surface area contributed by atoms with E-state index in [2.05, 4.69) is 15.6 Å². The van der Waals surface area contributed by atoms with Gasteiger partial charge in [0.25, 0.3) is 5.91 Å². The van der Waals surface area contributed by atoms with Crippen LogP contribution in [0, 0.1) is 5.92 Å². The lowest BCUT2D eigenvalue weighted by Crippen LogP contribution is -2.41. The molecule has 7 nitrogen and oxygen atoms in total. The molecule has 112 valence electrons. The number of carboxylic acids is 1. The van der Waals surface area contributed by atoms with Crippen molar-refractivity contribution in [2.24, 2.45) is 13.0 Å². The zero-order valence-electron chi connectivity index (χ0n) is 12.2. The van der Waals surface area contributed by atoms with E-state index in [4.69, 9.17) is 5.11 Å². The third-order valence-corrected chi connectivity index (χ3v) is 3.18. The predicted octanol–water partition coefficient (Wildman–Crippen LogP) is 1.20. The molecule has 2 aromatic rings. The first kappa shape index (κ1) is 15.0. The Balaban J connectivity index is 2.20. The average Bonchev–Trinajstić information content (AvgIpc) is 2.78. The fourth-order valence-electron chi connectivity index (χ4n) is 2.11. The van der Waals surface area contributed by atoms with Gasteiger partial charge in [0, 0.05) is 12.6 Å². The molecule has 0 bridgehead atoms. The highest BCUT2D eigenvalue weighted by molar-refractivity contribution is 5.99. The van der Waals surface area contributed by atoms with Gasteiger partial charge in [-0.2, -0.15) is 0 Å². The van der Waals surface area contributed by atoms with E-state index in [1.165, 1.54) is 0 Å². The molecule has 1 unspecified atom stereocenters. The summed E-state index contributed by atoms with van der Waals surface area (Å²) in [6.07, 6.45) is 0.385. The first-order valence-corrected chi connectivity index (χ1v) is 6.71. The van der Waals surface area contributed by atoms with Gasteiger partial charge in [-0.25, -0.2) is 9.48 Å². The minimum absolute atomic E-state index is 0.176. The van der Waals surface area contributed by atoms with Crippen LogP contribution in [0.4, 0.5) is 0 Å². The Morgan fingerprint density at radius 1 is 1.38 bits per heavy atom. The Bertz CT molecular complexity index is 678. The van der Waals surface area contributed by atoms with Crippen LogP contribution in [0.1, 0.15) is 30.6 Å². The van der Waals surface area contributed by atoms with Gasteiger partial charge < -0.3 is 10.4 Å². The summed E-state index contributed by atoms with van der Waals surface area (Å²) in [5.74, 6) is -1.26. The molecule has 1 atom stereocenters. The zero-order valence-corrected chi connectivity index (χ0v) is 12.2. The maximum atomic E-state index is 12.2. The van der Waals surface area contributed by atoms with E-state index in [9.17, 15) is 9.59 Å². The highest BCUT2D eigenvalue weighted by Crippen LogP contribution is 2.13. The average molecular weight is 290 g/mol. The van der Waals surface area contributed by atoms with Crippen molar-refractivity contribution in [1.29, 1.82) is 0 Å². The molecule has 0 saturated heterocycles. The summed E-state index contributed by atoms with van der Waals surface area (Å²) >= 11 is 0. The van der Waals surface area contributed by atoms with Crippen molar-refractivity contribution < 1.29 is 14.7 Å². The van der Waals surface area contributed by atoms with Crippen LogP contribution >= 0.6 is 0 Å². The molecule has 1 aromatic heterocycles. The Labute approximate surface area is 121 Å². The van der Waals surface area contributed by atoms with E-state index in [-0.39, 0.29) is 5.92 Å². The second-order valence-corrected chi connectivity index (χ2v) is 5.41. The van der Waals surface area contributed by atoms with Crippen molar-refractivity contribution in [3.63, 3.8) is 0 Å². The summed E-state index contributed by atoms with van der Waals surface area (Å²) in [4.78, 5) is 23.4. The Morgan fingerprint density at radius 3 is 2.71 bits per heavy atom. The van der Waals surface area contributed by atoms with Gasteiger partial charge in [0.05, 0.1) is 5.52 Å². The number of carboxylic acid groups (broad SMARTS) is 1. The Hall–Kier alpha value is -2.44. The molecule has 0 spiro atoms. The van der Waals surface area contributed by atoms with Crippen LogP contribution in [-0.4, -0.2) is 38.0 Å². The lowest BCUT2D eigenvalue weighted by atomic mass is 10.0. The van der Waals surface area contributed by atoms with Crippen LogP contribution in [0.3, 0.4) is 0 Å². The number of carbonyl (C=O) groups excluding carboxylic acids is 1. The van der Waals surface area contributed by atoms with Gasteiger partial charge in [0.15, 0.2) is 0 Å². The monoisotopic (exact) mass is 290 g/mol. The van der Waals surface area contributed by atoms with E-state index >= 15 is 0 Å². The second kappa shape index (κ2) is 5.90. The third kappa shape index (κ3) is 3.36. The number of hydrogen-bond acceptors (Lipinski definition) is 4. The van der Waals surface area contributed by atoms with Gasteiger partial charge in [0.2, 0.25) is 0 Å². The quantitative estimate of drug-likeness (QED) is 0.862. The molecular weight excluding hydrogens is 272 g/mol. The van der Waals surface area contributed by atoms with Gasteiger partial charge in [-0.05, 0) is 30.5 Å². The molecule has 0 aliphatic carbocycles. The number of nitrogens with zero attached hydrogens (tertiary/aromatic N) is 3. The number of benzene rings is 1. The maximum Gasteiger partial charge on any atom is 0.326 e. The number of nitrogens with one attached hydrogen (secondary N) is 1. The third-order valence-electron chi connectivity index (χ3n) is 3.18. The topological polar surface area (TPSA) is 97.1 Å². The molecular formula is C14H18N4O3. The summed E-state index contributed by atoms with van der Waals surface area (Å²) < 4.78 is 1.56. The fraction of sp³-hybridized carbons (Fsp3) is 0.429. The van der Waals surface area contributed by atoms with E-state index in [0.717, 1.165) is 5.52 Å². The molecule has 0 saturated carbocycles. The second-order valence-electron chi connectivity index (χ2n) is 5.41. The van der Waals surface area contributed by atoms with Gasteiger partial charge in [-0.15, -0.1) is 5.10 Å².